The van der Waals surface area contributed by atoms with E-state index >= 15 is 0 Å². The largest absolute Gasteiger partial charge is 0.494 e. The first-order chi connectivity index (χ1) is 17.6. The van der Waals surface area contributed by atoms with Gasteiger partial charge in [-0.15, -0.1) is 0 Å². The molecule has 2 aromatic carbocycles. The van der Waals surface area contributed by atoms with E-state index in [0.29, 0.717) is 19.6 Å². The van der Waals surface area contributed by atoms with Crippen molar-refractivity contribution >= 4 is 5.91 Å². The Kier molecular flexibility index (Phi) is 14.8. The summed E-state index contributed by atoms with van der Waals surface area (Å²) in [6.07, 6.45) is 14.3. The zero-order valence-electron chi connectivity index (χ0n) is 22.1. The summed E-state index contributed by atoms with van der Waals surface area (Å²) < 4.78 is 11.7. The highest BCUT2D eigenvalue weighted by molar-refractivity contribution is 5.81. The van der Waals surface area contributed by atoms with Crippen LogP contribution in [-0.2, 0) is 11.4 Å². The lowest BCUT2D eigenvalue weighted by Crippen LogP contribution is -2.41. The van der Waals surface area contributed by atoms with Gasteiger partial charge < -0.3 is 20.5 Å². The van der Waals surface area contributed by atoms with Crippen LogP contribution in [-0.4, -0.2) is 25.1 Å². The Bertz CT molecular complexity index is 907. The fourth-order valence-corrected chi connectivity index (χ4v) is 3.74. The Hall–Kier alpha value is -3.05. The number of hydrogen-bond acceptors (Lipinski definition) is 4. The first-order valence-electron chi connectivity index (χ1n) is 13.4. The average Bonchev–Trinajstić information content (AvgIpc) is 2.91. The molecule has 0 fully saturated rings. The van der Waals surface area contributed by atoms with E-state index in [1.807, 2.05) is 55.5 Å². The van der Waals surface area contributed by atoms with E-state index in [-0.39, 0.29) is 5.91 Å². The van der Waals surface area contributed by atoms with Gasteiger partial charge in [0.25, 0.3) is 0 Å². The highest BCUT2D eigenvalue weighted by Crippen LogP contribution is 2.19. The van der Waals surface area contributed by atoms with Crippen molar-refractivity contribution in [3.63, 3.8) is 0 Å². The number of unbranched alkanes of at least 4 members (excludes halogenated alkanes) is 5. The molecule has 1 amide bonds. The first kappa shape index (κ1) is 29.2. The average molecular weight is 493 g/mol. The minimum Gasteiger partial charge on any atom is -0.494 e. The number of carbonyl (C=O) groups excluding carboxylic acids is 1. The van der Waals surface area contributed by atoms with Gasteiger partial charge in [0.2, 0.25) is 5.91 Å². The number of allylic oxidation sites excluding steroid dienone is 3. The third-order valence-corrected chi connectivity index (χ3v) is 5.94. The highest BCUT2D eigenvalue weighted by atomic mass is 16.5. The second-order valence-electron chi connectivity index (χ2n) is 8.99. The molecule has 0 saturated carbocycles. The van der Waals surface area contributed by atoms with Gasteiger partial charge >= 0.3 is 0 Å². The van der Waals surface area contributed by atoms with Crippen LogP contribution in [0.2, 0.25) is 0 Å². The Morgan fingerprint density at radius 3 is 2.22 bits per heavy atom. The van der Waals surface area contributed by atoms with E-state index in [0.717, 1.165) is 61.3 Å². The standard InChI is InChI=1S/C31H44N2O3/c1-3-5-15-26(4-2)24-30(32)31(34)33-22-13-8-6-7-9-14-23-35-28-18-20-29(21-19-28)36-25-27-16-11-10-12-17-27/h4-5,10-12,15-21,30H,3,6-9,13-14,22-25,32H2,1-2H3,(H,33,34)/b15-5-,26-4+/t30-/m0/s1. The van der Waals surface area contributed by atoms with Gasteiger partial charge in [0, 0.05) is 6.54 Å². The molecular formula is C31H44N2O3. The van der Waals surface area contributed by atoms with Crippen molar-refractivity contribution in [2.75, 3.05) is 13.2 Å². The number of benzene rings is 2. The lowest BCUT2D eigenvalue weighted by Gasteiger charge is -2.13. The van der Waals surface area contributed by atoms with Gasteiger partial charge in [-0.2, -0.15) is 0 Å². The lowest BCUT2D eigenvalue weighted by molar-refractivity contribution is -0.122. The molecule has 1 atom stereocenters. The van der Waals surface area contributed by atoms with Crippen molar-refractivity contribution in [1.82, 2.24) is 5.32 Å². The molecule has 2 rings (SSSR count). The molecule has 5 heteroatoms. The zero-order chi connectivity index (χ0) is 25.8. The fraction of sp³-hybridized carbons (Fsp3) is 0.452. The van der Waals surface area contributed by atoms with Crippen LogP contribution >= 0.6 is 0 Å². The van der Waals surface area contributed by atoms with Crippen molar-refractivity contribution in [1.29, 1.82) is 0 Å². The number of carbonyl (C=O) groups is 1. The predicted octanol–water partition coefficient (Wildman–Crippen LogP) is 6.73. The lowest BCUT2D eigenvalue weighted by atomic mass is 10.0. The van der Waals surface area contributed by atoms with E-state index in [9.17, 15) is 4.79 Å². The van der Waals surface area contributed by atoms with Crippen molar-refractivity contribution in [2.45, 2.75) is 77.9 Å². The van der Waals surface area contributed by atoms with Crippen LogP contribution in [0.5, 0.6) is 11.5 Å². The fourth-order valence-electron chi connectivity index (χ4n) is 3.74. The maximum Gasteiger partial charge on any atom is 0.237 e. The van der Waals surface area contributed by atoms with E-state index < -0.39 is 6.04 Å². The van der Waals surface area contributed by atoms with Crippen LogP contribution < -0.4 is 20.5 Å². The molecule has 0 spiro atoms. The first-order valence-corrected chi connectivity index (χ1v) is 13.4. The van der Waals surface area contributed by atoms with E-state index in [1.54, 1.807) is 0 Å². The van der Waals surface area contributed by atoms with Gasteiger partial charge in [-0.1, -0.05) is 86.7 Å². The second kappa shape index (κ2) is 18.3. The van der Waals surface area contributed by atoms with Crippen molar-refractivity contribution in [2.24, 2.45) is 5.73 Å². The normalized spacial score (nSPS) is 12.5. The van der Waals surface area contributed by atoms with Gasteiger partial charge in [0.05, 0.1) is 12.6 Å². The molecule has 2 aromatic rings. The molecule has 0 aromatic heterocycles. The summed E-state index contributed by atoms with van der Waals surface area (Å²) in [5, 5.41) is 2.97. The molecule has 196 valence electrons. The summed E-state index contributed by atoms with van der Waals surface area (Å²) >= 11 is 0. The van der Waals surface area contributed by atoms with Crippen LogP contribution in [0.15, 0.2) is 78.4 Å². The smallest absolute Gasteiger partial charge is 0.237 e. The van der Waals surface area contributed by atoms with Gasteiger partial charge in [0.1, 0.15) is 18.1 Å². The number of amides is 1. The molecule has 0 unspecified atom stereocenters. The molecule has 0 radical (unpaired) electrons. The maximum absolute atomic E-state index is 12.2. The molecule has 0 aliphatic carbocycles. The Morgan fingerprint density at radius 2 is 1.56 bits per heavy atom. The summed E-state index contributed by atoms with van der Waals surface area (Å²) in [5.74, 6) is 1.65. The zero-order valence-corrected chi connectivity index (χ0v) is 22.1. The van der Waals surface area contributed by atoms with Crippen molar-refractivity contribution < 1.29 is 14.3 Å². The van der Waals surface area contributed by atoms with Crippen LogP contribution in [0.25, 0.3) is 0 Å². The monoisotopic (exact) mass is 492 g/mol. The molecule has 0 saturated heterocycles. The molecule has 0 bridgehead atoms. The number of nitrogens with one attached hydrogen (secondary N) is 1. The molecule has 3 N–H and O–H groups in total. The summed E-state index contributed by atoms with van der Waals surface area (Å²) in [4.78, 5) is 12.2. The minimum atomic E-state index is -0.490. The molecule has 0 aliphatic heterocycles. The van der Waals surface area contributed by atoms with Gasteiger partial charge in [0.15, 0.2) is 0 Å². The molecule has 0 aliphatic rings. The molecule has 5 nitrogen and oxygen atoms in total. The Labute approximate surface area is 217 Å². The summed E-state index contributed by atoms with van der Waals surface area (Å²) in [6, 6.07) is 17.5. The van der Waals surface area contributed by atoms with Crippen molar-refractivity contribution in [3.8, 4) is 11.5 Å². The van der Waals surface area contributed by atoms with E-state index in [2.05, 4.69) is 36.5 Å². The topological polar surface area (TPSA) is 73.6 Å². The highest BCUT2D eigenvalue weighted by Gasteiger charge is 2.13. The maximum atomic E-state index is 12.2. The van der Waals surface area contributed by atoms with Crippen LogP contribution in [0, 0.1) is 0 Å². The Morgan fingerprint density at radius 1 is 0.917 bits per heavy atom. The molecular weight excluding hydrogens is 448 g/mol. The summed E-state index contributed by atoms with van der Waals surface area (Å²) in [6.45, 7) is 6.05. The van der Waals surface area contributed by atoms with Crippen molar-refractivity contribution in [3.05, 3.63) is 84.0 Å². The molecule has 36 heavy (non-hydrogen) atoms. The third kappa shape index (κ3) is 12.6. The number of rotatable bonds is 18. The predicted molar refractivity (Wildman–Crippen MR) is 149 cm³/mol. The van der Waals surface area contributed by atoms with Gasteiger partial charge in [-0.3, -0.25) is 4.79 Å². The second-order valence-corrected chi connectivity index (χ2v) is 8.99. The summed E-state index contributed by atoms with van der Waals surface area (Å²) in [5.41, 5.74) is 8.31. The number of ether oxygens (including phenoxy) is 2. The Balaban J connectivity index is 1.45. The SMILES string of the molecule is C/C=C(\C=C/CC)C[C@H](N)C(=O)NCCCCCCCCOc1ccc(OCc2ccccc2)cc1. The number of hydrogen-bond donors (Lipinski definition) is 2. The van der Waals surface area contributed by atoms with Crippen LogP contribution in [0.3, 0.4) is 0 Å². The quantitative estimate of drug-likeness (QED) is 0.179. The number of nitrogens with two attached hydrogens (primary N) is 1. The van der Waals surface area contributed by atoms with Gasteiger partial charge in [-0.25, -0.2) is 0 Å². The van der Waals surface area contributed by atoms with Gasteiger partial charge in [-0.05, 0) is 62.4 Å². The minimum absolute atomic E-state index is 0.0628. The van der Waals surface area contributed by atoms with Crippen LogP contribution in [0.1, 0.15) is 70.8 Å². The third-order valence-electron chi connectivity index (χ3n) is 5.94. The van der Waals surface area contributed by atoms with E-state index in [1.165, 1.54) is 12.8 Å². The van der Waals surface area contributed by atoms with Crippen LogP contribution in [0.4, 0.5) is 0 Å². The summed E-state index contributed by atoms with van der Waals surface area (Å²) in [7, 11) is 0. The van der Waals surface area contributed by atoms with E-state index in [4.69, 9.17) is 15.2 Å². The molecule has 0 heterocycles.